The standard InChI is InChI=1S/C44H55N9S/c1-54-42-22-16-34(17-23-42)37-30-43(35-12-18-40(19-13-35)52-32-38(46-48-52)10-8-28-50-24-4-2-5-25-50)45-44(31-37)36-14-20-41(21-15-36)53-33-39(47-49-53)11-9-29-51-26-6-3-7-27-51/h12-23,30-31,38-39H,2-11,24-29,32-33H2,1H3. The maximum Gasteiger partial charge on any atom is 0.0926 e. The van der Waals surface area contributed by atoms with Crippen molar-refractivity contribution in [2.75, 3.05) is 68.6 Å². The zero-order valence-electron chi connectivity index (χ0n) is 31.9. The van der Waals surface area contributed by atoms with Crippen molar-refractivity contribution < 1.29 is 0 Å². The Bertz CT molecular complexity index is 1740. The number of anilines is 2. The highest BCUT2D eigenvalue weighted by Crippen LogP contribution is 2.34. The molecule has 0 aliphatic carbocycles. The zero-order valence-corrected chi connectivity index (χ0v) is 32.7. The number of hydrogen-bond donors (Lipinski definition) is 0. The number of benzene rings is 3. The SMILES string of the molecule is CSc1ccc(-c2cc(-c3ccc(N4CC(CCCN5CCCCC5)N=N4)cc3)nc(-c3ccc(N4CC(CCCN5CCCCC5)N=N4)cc3)c2)cc1. The molecule has 10 heteroatoms. The largest absolute Gasteiger partial charge is 0.303 e. The predicted octanol–water partition coefficient (Wildman–Crippen LogP) is 10.4. The van der Waals surface area contributed by atoms with Gasteiger partial charge in [-0.1, -0.05) is 59.7 Å². The topological polar surface area (TPSA) is 75.3 Å². The Morgan fingerprint density at radius 3 is 1.43 bits per heavy atom. The number of likely N-dealkylation sites (tertiary alicyclic amines) is 2. The summed E-state index contributed by atoms with van der Waals surface area (Å²) < 4.78 is 0. The van der Waals surface area contributed by atoms with Crippen LogP contribution in [0.4, 0.5) is 11.4 Å². The fraction of sp³-hybridized carbons (Fsp3) is 0.477. The monoisotopic (exact) mass is 741 g/mol. The molecule has 0 bridgehead atoms. The second-order valence-electron chi connectivity index (χ2n) is 15.4. The molecule has 282 valence electrons. The number of hydrogen-bond acceptors (Lipinski definition) is 10. The Morgan fingerprint density at radius 2 is 0.981 bits per heavy atom. The molecule has 4 aliphatic rings. The molecule has 2 fully saturated rings. The van der Waals surface area contributed by atoms with E-state index in [1.165, 1.54) is 101 Å². The van der Waals surface area contributed by atoms with Crippen LogP contribution < -0.4 is 10.0 Å². The third kappa shape index (κ3) is 9.39. The molecule has 9 nitrogen and oxygen atoms in total. The van der Waals surface area contributed by atoms with Gasteiger partial charge in [0.1, 0.15) is 0 Å². The van der Waals surface area contributed by atoms with Crippen LogP contribution in [0.5, 0.6) is 0 Å². The van der Waals surface area contributed by atoms with Crippen LogP contribution in [0.15, 0.2) is 110 Å². The first kappa shape index (κ1) is 36.8. The van der Waals surface area contributed by atoms with Gasteiger partial charge in [-0.25, -0.2) is 15.0 Å². The summed E-state index contributed by atoms with van der Waals surface area (Å²) in [6, 6.07) is 31.1. The molecule has 0 saturated carbocycles. The van der Waals surface area contributed by atoms with Crippen LogP contribution in [0.25, 0.3) is 33.6 Å². The molecular formula is C44H55N9S. The Morgan fingerprint density at radius 1 is 0.537 bits per heavy atom. The van der Waals surface area contributed by atoms with E-state index in [-0.39, 0.29) is 12.1 Å². The lowest BCUT2D eigenvalue weighted by Gasteiger charge is -2.26. The van der Waals surface area contributed by atoms with E-state index in [4.69, 9.17) is 4.98 Å². The van der Waals surface area contributed by atoms with E-state index in [2.05, 4.69) is 132 Å². The van der Waals surface area contributed by atoms with Crippen molar-refractivity contribution in [3.8, 4) is 33.6 Å². The molecule has 4 aromatic rings. The summed E-state index contributed by atoms with van der Waals surface area (Å²) in [4.78, 5) is 11.7. The van der Waals surface area contributed by atoms with Gasteiger partial charge in [0.15, 0.2) is 0 Å². The minimum Gasteiger partial charge on any atom is -0.303 e. The lowest BCUT2D eigenvalue weighted by atomic mass is 9.99. The van der Waals surface area contributed by atoms with Crippen LogP contribution in [-0.2, 0) is 0 Å². The highest BCUT2D eigenvalue weighted by molar-refractivity contribution is 7.98. The van der Waals surface area contributed by atoms with Gasteiger partial charge in [-0.05, 0) is 157 Å². The molecule has 2 atom stereocenters. The van der Waals surface area contributed by atoms with Gasteiger partial charge in [-0.15, -0.1) is 11.8 Å². The molecule has 2 unspecified atom stereocenters. The number of thioether (sulfide) groups is 1. The van der Waals surface area contributed by atoms with Crippen molar-refractivity contribution in [2.24, 2.45) is 20.7 Å². The average molecular weight is 742 g/mol. The molecule has 8 rings (SSSR count). The van der Waals surface area contributed by atoms with E-state index in [1.807, 2.05) is 0 Å². The summed E-state index contributed by atoms with van der Waals surface area (Å²) in [5.74, 6) is 0. The second kappa shape index (κ2) is 18.0. The van der Waals surface area contributed by atoms with E-state index in [9.17, 15) is 0 Å². The Hall–Kier alpha value is -4.12. The first-order chi connectivity index (χ1) is 26.7. The second-order valence-corrected chi connectivity index (χ2v) is 16.3. The first-order valence-electron chi connectivity index (χ1n) is 20.4. The third-order valence-electron chi connectivity index (χ3n) is 11.5. The summed E-state index contributed by atoms with van der Waals surface area (Å²) in [6.45, 7) is 9.08. The lowest BCUT2D eigenvalue weighted by molar-refractivity contribution is 0.223. The quantitative estimate of drug-likeness (QED) is 0.120. The van der Waals surface area contributed by atoms with Gasteiger partial charge in [-0.2, -0.15) is 10.2 Å². The maximum absolute atomic E-state index is 5.23. The molecule has 0 radical (unpaired) electrons. The number of aromatic nitrogens is 1. The molecule has 2 saturated heterocycles. The number of pyridine rings is 1. The van der Waals surface area contributed by atoms with E-state index in [1.54, 1.807) is 11.8 Å². The van der Waals surface area contributed by atoms with Crippen molar-refractivity contribution in [3.05, 3.63) is 84.9 Å². The molecule has 0 spiro atoms. The van der Waals surface area contributed by atoms with Crippen LogP contribution in [-0.4, -0.2) is 85.5 Å². The molecule has 54 heavy (non-hydrogen) atoms. The molecule has 5 heterocycles. The van der Waals surface area contributed by atoms with E-state index in [0.717, 1.165) is 65.4 Å². The smallest absolute Gasteiger partial charge is 0.0926 e. The van der Waals surface area contributed by atoms with Crippen molar-refractivity contribution >= 4 is 23.1 Å². The Labute approximate surface area is 325 Å². The van der Waals surface area contributed by atoms with Crippen LogP contribution in [0.3, 0.4) is 0 Å². The zero-order chi connectivity index (χ0) is 36.5. The maximum atomic E-state index is 5.23. The fourth-order valence-electron chi connectivity index (χ4n) is 8.28. The highest BCUT2D eigenvalue weighted by Gasteiger charge is 2.23. The van der Waals surface area contributed by atoms with Gasteiger partial charge in [-0.3, -0.25) is 0 Å². The molecule has 3 aromatic carbocycles. The van der Waals surface area contributed by atoms with Crippen molar-refractivity contribution in [3.63, 3.8) is 0 Å². The Balaban J connectivity index is 0.937. The summed E-state index contributed by atoms with van der Waals surface area (Å²) in [7, 11) is 0. The molecule has 4 aliphatic heterocycles. The fourth-order valence-corrected chi connectivity index (χ4v) is 8.69. The number of rotatable bonds is 14. The highest BCUT2D eigenvalue weighted by atomic mass is 32.2. The van der Waals surface area contributed by atoms with Crippen molar-refractivity contribution in [2.45, 2.75) is 81.2 Å². The van der Waals surface area contributed by atoms with Gasteiger partial charge >= 0.3 is 0 Å². The molecule has 0 N–H and O–H groups in total. The van der Waals surface area contributed by atoms with E-state index < -0.39 is 0 Å². The third-order valence-corrected chi connectivity index (χ3v) is 12.2. The van der Waals surface area contributed by atoms with Crippen LogP contribution in [0, 0.1) is 0 Å². The van der Waals surface area contributed by atoms with Crippen LogP contribution in [0.1, 0.15) is 64.2 Å². The predicted molar refractivity (Wildman–Crippen MR) is 223 cm³/mol. The first-order valence-corrected chi connectivity index (χ1v) is 21.6. The average Bonchev–Trinajstić information content (AvgIpc) is 3.92. The van der Waals surface area contributed by atoms with Gasteiger partial charge in [0.2, 0.25) is 0 Å². The van der Waals surface area contributed by atoms with Crippen LogP contribution in [0.2, 0.25) is 0 Å². The van der Waals surface area contributed by atoms with E-state index in [0.29, 0.717) is 0 Å². The van der Waals surface area contributed by atoms with Crippen molar-refractivity contribution in [1.82, 2.24) is 14.8 Å². The van der Waals surface area contributed by atoms with Gasteiger partial charge in [0, 0.05) is 16.0 Å². The molecular weight excluding hydrogens is 687 g/mol. The van der Waals surface area contributed by atoms with Crippen LogP contribution >= 0.6 is 11.8 Å². The Kier molecular flexibility index (Phi) is 12.3. The number of piperidine rings is 2. The summed E-state index contributed by atoms with van der Waals surface area (Å²) >= 11 is 1.76. The summed E-state index contributed by atoms with van der Waals surface area (Å²) in [5, 5.41) is 22.5. The van der Waals surface area contributed by atoms with Gasteiger partial charge in [0.25, 0.3) is 0 Å². The van der Waals surface area contributed by atoms with Crippen molar-refractivity contribution in [1.29, 1.82) is 0 Å². The lowest BCUT2D eigenvalue weighted by Crippen LogP contribution is -2.31. The number of nitrogens with zero attached hydrogens (tertiary/aromatic N) is 9. The molecule has 1 aromatic heterocycles. The summed E-state index contributed by atoms with van der Waals surface area (Å²) in [6.07, 6.45) is 14.8. The molecule has 0 amide bonds. The minimum atomic E-state index is 0.267. The normalized spacial score (nSPS) is 20.7. The summed E-state index contributed by atoms with van der Waals surface area (Å²) in [5.41, 5.74) is 8.54. The van der Waals surface area contributed by atoms with Gasteiger partial charge in [0.05, 0.1) is 47.9 Å². The van der Waals surface area contributed by atoms with E-state index >= 15 is 0 Å². The van der Waals surface area contributed by atoms with Gasteiger partial charge < -0.3 is 9.80 Å². The minimum absolute atomic E-state index is 0.267.